The highest BCUT2D eigenvalue weighted by Crippen LogP contribution is 2.28. The van der Waals surface area contributed by atoms with Crippen molar-refractivity contribution in [1.82, 2.24) is 24.3 Å². The number of benzene rings is 1. The Bertz CT molecular complexity index is 1250. The molecule has 1 aromatic carbocycles. The standard InChI is InChI=1S/C21H27N5O5S/c1-5-30-17-7-8-18(31-6-2)19(14-17)32(28,29)22-11-12-25-21(27)10-9-20(24-25)26-16(4)13-15(3)23-26/h7-10,13-14,22H,5-6,11-12H2,1-4H3. The molecular formula is C21H27N5O5S. The molecule has 0 atom stereocenters. The molecule has 0 radical (unpaired) electrons. The number of sulfonamides is 1. The molecule has 172 valence electrons. The minimum Gasteiger partial charge on any atom is -0.494 e. The summed E-state index contributed by atoms with van der Waals surface area (Å²) in [5.74, 6) is 1.12. The zero-order chi connectivity index (χ0) is 23.3. The predicted molar refractivity (Wildman–Crippen MR) is 119 cm³/mol. The summed E-state index contributed by atoms with van der Waals surface area (Å²) in [5, 5.41) is 8.68. The smallest absolute Gasteiger partial charge is 0.266 e. The topological polar surface area (TPSA) is 117 Å². The third-order valence-electron chi connectivity index (χ3n) is 4.51. The van der Waals surface area contributed by atoms with Gasteiger partial charge in [0.05, 0.1) is 25.5 Å². The molecule has 1 N–H and O–H groups in total. The van der Waals surface area contributed by atoms with Crippen molar-refractivity contribution in [3.8, 4) is 17.3 Å². The lowest BCUT2D eigenvalue weighted by molar-refractivity contribution is 0.322. The minimum absolute atomic E-state index is 0.0259. The van der Waals surface area contributed by atoms with Gasteiger partial charge in [-0.2, -0.15) is 5.10 Å². The van der Waals surface area contributed by atoms with Crippen LogP contribution in [-0.4, -0.2) is 47.7 Å². The van der Waals surface area contributed by atoms with Gasteiger partial charge in [-0.15, -0.1) is 5.10 Å². The zero-order valence-corrected chi connectivity index (χ0v) is 19.3. The molecule has 0 amide bonds. The van der Waals surface area contributed by atoms with Gasteiger partial charge in [0.15, 0.2) is 5.82 Å². The number of ether oxygens (including phenoxy) is 2. The van der Waals surface area contributed by atoms with Gasteiger partial charge in [0.2, 0.25) is 10.0 Å². The molecule has 2 aromatic heterocycles. The molecule has 0 unspecified atom stereocenters. The number of aryl methyl sites for hydroxylation is 2. The van der Waals surface area contributed by atoms with Crippen molar-refractivity contribution in [3.05, 3.63) is 58.1 Å². The SMILES string of the molecule is CCOc1ccc(OCC)c(S(=O)(=O)NCCn2nc(-n3nc(C)cc3C)ccc2=O)c1. The molecule has 2 heterocycles. The summed E-state index contributed by atoms with van der Waals surface area (Å²) in [4.78, 5) is 12.2. The molecule has 0 aliphatic heterocycles. The van der Waals surface area contributed by atoms with E-state index in [9.17, 15) is 13.2 Å². The van der Waals surface area contributed by atoms with E-state index in [1.807, 2.05) is 26.8 Å². The Morgan fingerprint density at radius 1 is 1.00 bits per heavy atom. The van der Waals surface area contributed by atoms with Gasteiger partial charge in [-0.1, -0.05) is 0 Å². The first kappa shape index (κ1) is 23.5. The number of rotatable bonds is 10. The second-order valence-electron chi connectivity index (χ2n) is 6.96. The molecule has 32 heavy (non-hydrogen) atoms. The van der Waals surface area contributed by atoms with Crippen molar-refractivity contribution < 1.29 is 17.9 Å². The molecule has 0 aliphatic carbocycles. The molecule has 0 fully saturated rings. The maximum atomic E-state index is 12.9. The first-order chi connectivity index (χ1) is 15.2. The monoisotopic (exact) mass is 461 g/mol. The van der Waals surface area contributed by atoms with E-state index in [4.69, 9.17) is 9.47 Å². The molecule has 0 aliphatic rings. The summed E-state index contributed by atoms with van der Waals surface area (Å²) < 4.78 is 42.1. The van der Waals surface area contributed by atoms with Crippen LogP contribution in [0.1, 0.15) is 25.2 Å². The van der Waals surface area contributed by atoms with E-state index in [1.54, 1.807) is 29.8 Å². The normalized spacial score (nSPS) is 11.5. The largest absolute Gasteiger partial charge is 0.494 e. The van der Waals surface area contributed by atoms with Gasteiger partial charge in [0.25, 0.3) is 5.56 Å². The highest BCUT2D eigenvalue weighted by molar-refractivity contribution is 7.89. The van der Waals surface area contributed by atoms with Crippen LogP contribution in [0.25, 0.3) is 5.82 Å². The van der Waals surface area contributed by atoms with E-state index in [1.165, 1.54) is 16.8 Å². The summed E-state index contributed by atoms with van der Waals surface area (Å²) >= 11 is 0. The third-order valence-corrected chi connectivity index (χ3v) is 5.99. The molecule has 3 aromatic rings. The number of hydrogen-bond acceptors (Lipinski definition) is 7. The molecular weight excluding hydrogens is 434 g/mol. The highest BCUT2D eigenvalue weighted by Gasteiger charge is 2.21. The van der Waals surface area contributed by atoms with Crippen LogP contribution in [-0.2, 0) is 16.6 Å². The number of nitrogens with zero attached hydrogens (tertiary/aromatic N) is 4. The summed E-state index contributed by atoms with van der Waals surface area (Å²) in [6, 6.07) is 9.50. The van der Waals surface area contributed by atoms with E-state index in [0.717, 1.165) is 11.4 Å². The van der Waals surface area contributed by atoms with Crippen molar-refractivity contribution in [2.24, 2.45) is 0 Å². The highest BCUT2D eigenvalue weighted by atomic mass is 32.2. The van der Waals surface area contributed by atoms with E-state index in [0.29, 0.717) is 24.8 Å². The van der Waals surface area contributed by atoms with Crippen molar-refractivity contribution in [3.63, 3.8) is 0 Å². The van der Waals surface area contributed by atoms with Crippen LogP contribution in [0.2, 0.25) is 0 Å². The lowest BCUT2D eigenvalue weighted by Gasteiger charge is -2.14. The fourth-order valence-corrected chi connectivity index (χ4v) is 4.34. The lowest BCUT2D eigenvalue weighted by Crippen LogP contribution is -2.32. The van der Waals surface area contributed by atoms with Crippen molar-refractivity contribution in [2.45, 2.75) is 39.1 Å². The van der Waals surface area contributed by atoms with Crippen LogP contribution < -0.4 is 19.8 Å². The third kappa shape index (κ3) is 5.35. The van der Waals surface area contributed by atoms with Gasteiger partial charge in [-0.3, -0.25) is 4.79 Å². The molecule has 10 nitrogen and oxygen atoms in total. The summed E-state index contributed by atoms with van der Waals surface area (Å²) in [7, 11) is -3.92. The number of aromatic nitrogens is 4. The Hall–Kier alpha value is -3.18. The average molecular weight is 462 g/mol. The van der Waals surface area contributed by atoms with Crippen LogP contribution in [0.3, 0.4) is 0 Å². The quantitative estimate of drug-likeness (QED) is 0.489. The Kier molecular flexibility index (Phi) is 7.31. The summed E-state index contributed by atoms with van der Waals surface area (Å²) in [5.41, 5.74) is 1.36. The van der Waals surface area contributed by atoms with Crippen molar-refractivity contribution in [1.29, 1.82) is 0 Å². The number of hydrogen-bond donors (Lipinski definition) is 1. The Balaban J connectivity index is 1.79. The molecule has 0 spiro atoms. The van der Waals surface area contributed by atoms with Crippen molar-refractivity contribution >= 4 is 10.0 Å². The molecule has 0 saturated carbocycles. The Morgan fingerprint density at radius 2 is 1.75 bits per heavy atom. The number of nitrogens with one attached hydrogen (secondary N) is 1. The van der Waals surface area contributed by atoms with Crippen LogP contribution in [0, 0.1) is 13.8 Å². The zero-order valence-electron chi connectivity index (χ0n) is 18.5. The van der Waals surface area contributed by atoms with E-state index >= 15 is 0 Å². The molecule has 3 rings (SSSR count). The average Bonchev–Trinajstić information content (AvgIpc) is 3.08. The van der Waals surface area contributed by atoms with Crippen molar-refractivity contribution in [2.75, 3.05) is 19.8 Å². The summed E-state index contributed by atoms with van der Waals surface area (Å²) in [6.07, 6.45) is 0. The second kappa shape index (κ2) is 9.96. The molecule has 0 bridgehead atoms. The molecule has 0 saturated heterocycles. The van der Waals surface area contributed by atoms with E-state index in [2.05, 4.69) is 14.9 Å². The predicted octanol–water partition coefficient (Wildman–Crippen LogP) is 1.82. The maximum absolute atomic E-state index is 12.9. The van der Waals surface area contributed by atoms with E-state index < -0.39 is 10.0 Å². The van der Waals surface area contributed by atoms with Gasteiger partial charge in [-0.25, -0.2) is 22.5 Å². The first-order valence-electron chi connectivity index (χ1n) is 10.3. The second-order valence-corrected chi connectivity index (χ2v) is 8.70. The Labute approximate surface area is 186 Å². The van der Waals surface area contributed by atoms with Crippen LogP contribution >= 0.6 is 0 Å². The first-order valence-corrected chi connectivity index (χ1v) is 11.7. The van der Waals surface area contributed by atoms with Gasteiger partial charge in [-0.05, 0) is 52.0 Å². The Morgan fingerprint density at radius 3 is 2.41 bits per heavy atom. The van der Waals surface area contributed by atoms with Crippen LogP contribution in [0.5, 0.6) is 11.5 Å². The summed E-state index contributed by atoms with van der Waals surface area (Å²) in [6.45, 7) is 8.06. The van der Waals surface area contributed by atoms with E-state index in [-0.39, 0.29) is 29.3 Å². The maximum Gasteiger partial charge on any atom is 0.266 e. The molecule has 11 heteroatoms. The van der Waals surface area contributed by atoms with Gasteiger partial charge in [0.1, 0.15) is 16.4 Å². The fraction of sp³-hybridized carbons (Fsp3) is 0.381. The fourth-order valence-electron chi connectivity index (χ4n) is 3.17. The van der Waals surface area contributed by atoms with Gasteiger partial charge < -0.3 is 9.47 Å². The van der Waals surface area contributed by atoms with Crippen LogP contribution in [0.4, 0.5) is 0 Å². The minimum atomic E-state index is -3.92. The lowest BCUT2D eigenvalue weighted by atomic mass is 10.3. The van der Waals surface area contributed by atoms with Gasteiger partial charge >= 0.3 is 0 Å². The van der Waals surface area contributed by atoms with Crippen LogP contribution in [0.15, 0.2) is 46.1 Å². The van der Waals surface area contributed by atoms with Gasteiger partial charge in [0, 0.05) is 24.4 Å².